The second-order valence-corrected chi connectivity index (χ2v) is 6.61. The van der Waals surface area contributed by atoms with E-state index in [0.717, 1.165) is 0 Å². The first-order valence-electron chi connectivity index (χ1n) is 5.09. The monoisotopic (exact) mass is 336 g/mol. The van der Waals surface area contributed by atoms with Crippen molar-refractivity contribution < 1.29 is 0 Å². The van der Waals surface area contributed by atoms with Gasteiger partial charge in [0.25, 0.3) is 0 Å². The van der Waals surface area contributed by atoms with Gasteiger partial charge in [-0.3, -0.25) is 0 Å². The third-order valence-corrected chi connectivity index (χ3v) is 6.54. The maximum absolute atomic E-state index is 3.74. The maximum atomic E-state index is 3.74. The van der Waals surface area contributed by atoms with Gasteiger partial charge in [0, 0.05) is 0 Å². The molecule has 3 rings (SSSR count). The van der Waals surface area contributed by atoms with E-state index in [0.29, 0.717) is 14.5 Å². The summed E-state index contributed by atoms with van der Waals surface area (Å²) in [5.41, 5.74) is 1.34. The zero-order chi connectivity index (χ0) is 11.0. The molecule has 0 radical (unpaired) electrons. The number of rotatable bonds is 1. The van der Waals surface area contributed by atoms with Crippen molar-refractivity contribution >= 4 is 40.1 Å². The van der Waals surface area contributed by atoms with Crippen molar-refractivity contribution in [3.8, 4) is 10.0 Å². The Morgan fingerprint density at radius 2 is 1.50 bits per heavy atom. The average Bonchev–Trinajstić information content (AvgIpc) is 2.69. The molecule has 0 unspecified atom stereocenters. The Balaban J connectivity index is 2.29. The van der Waals surface area contributed by atoms with E-state index in [4.69, 9.17) is 0 Å². The standard InChI is InChI=1S/C14H9BrSe/c15-13-11-8-4-5-9-12(11)16-14(13)10-6-2-1-3-7-10/h1-9H. The Morgan fingerprint density at radius 3 is 2.25 bits per heavy atom. The van der Waals surface area contributed by atoms with E-state index < -0.39 is 0 Å². The van der Waals surface area contributed by atoms with Crippen molar-refractivity contribution in [2.24, 2.45) is 0 Å². The summed E-state index contributed by atoms with van der Waals surface area (Å²) in [6, 6.07) is 19.3. The topological polar surface area (TPSA) is 0 Å². The Labute approximate surface area is 109 Å². The van der Waals surface area contributed by atoms with Gasteiger partial charge >= 0.3 is 109 Å². The van der Waals surface area contributed by atoms with Crippen LogP contribution in [-0.2, 0) is 0 Å². The van der Waals surface area contributed by atoms with E-state index in [-0.39, 0.29) is 0 Å². The Bertz CT molecular complexity index is 626. The molecule has 0 fully saturated rings. The van der Waals surface area contributed by atoms with Gasteiger partial charge in [0.05, 0.1) is 0 Å². The van der Waals surface area contributed by atoms with Crippen LogP contribution < -0.4 is 0 Å². The number of hydrogen-bond acceptors (Lipinski definition) is 0. The summed E-state index contributed by atoms with van der Waals surface area (Å²) >= 11 is 4.16. The third-order valence-electron chi connectivity index (χ3n) is 2.57. The molecule has 3 aromatic rings. The second-order valence-electron chi connectivity index (χ2n) is 3.61. The minimum absolute atomic E-state index is 0.427. The molecular weight excluding hydrogens is 327 g/mol. The average molecular weight is 336 g/mol. The second kappa shape index (κ2) is 4.21. The van der Waals surface area contributed by atoms with Crippen molar-refractivity contribution in [3.05, 3.63) is 59.1 Å². The van der Waals surface area contributed by atoms with Crippen molar-refractivity contribution in [2.45, 2.75) is 0 Å². The summed E-state index contributed by atoms with van der Waals surface area (Å²) in [5.74, 6) is 0. The van der Waals surface area contributed by atoms with Gasteiger partial charge in [0.2, 0.25) is 0 Å². The Kier molecular flexibility index (Phi) is 2.72. The molecule has 0 saturated carbocycles. The fraction of sp³-hybridized carbons (Fsp3) is 0. The van der Waals surface area contributed by atoms with Gasteiger partial charge < -0.3 is 0 Å². The molecule has 0 N–H and O–H groups in total. The van der Waals surface area contributed by atoms with Gasteiger partial charge in [0.15, 0.2) is 0 Å². The van der Waals surface area contributed by atoms with Crippen LogP contribution in [0.15, 0.2) is 59.1 Å². The SMILES string of the molecule is Brc1c(-c2ccccc2)[se]c2ccccc12. The summed E-state index contributed by atoms with van der Waals surface area (Å²) < 4.78 is 4.20. The molecule has 0 atom stereocenters. The molecule has 0 bridgehead atoms. The predicted octanol–water partition coefficient (Wildman–Crippen LogP) is 4.33. The van der Waals surface area contributed by atoms with Crippen LogP contribution >= 0.6 is 15.9 Å². The van der Waals surface area contributed by atoms with Gasteiger partial charge in [0.1, 0.15) is 0 Å². The van der Waals surface area contributed by atoms with Crippen LogP contribution in [0.4, 0.5) is 0 Å². The molecule has 0 saturated heterocycles. The quantitative estimate of drug-likeness (QED) is 0.581. The molecule has 2 heteroatoms. The van der Waals surface area contributed by atoms with Crippen molar-refractivity contribution in [2.75, 3.05) is 0 Å². The first-order chi connectivity index (χ1) is 7.86. The first-order valence-corrected chi connectivity index (χ1v) is 7.59. The number of benzene rings is 2. The van der Waals surface area contributed by atoms with E-state index in [1.807, 2.05) is 0 Å². The molecule has 1 heterocycles. The van der Waals surface area contributed by atoms with Crippen LogP contribution in [-0.4, -0.2) is 14.5 Å². The van der Waals surface area contributed by atoms with Gasteiger partial charge in [-0.15, -0.1) is 0 Å². The van der Waals surface area contributed by atoms with Crippen LogP contribution in [0.5, 0.6) is 0 Å². The van der Waals surface area contributed by atoms with Gasteiger partial charge in [-0.05, 0) is 0 Å². The number of halogens is 1. The minimum atomic E-state index is 0.427. The number of fused-ring (bicyclic) bond motifs is 1. The van der Waals surface area contributed by atoms with Crippen molar-refractivity contribution in [1.29, 1.82) is 0 Å². The fourth-order valence-corrected chi connectivity index (χ4v) is 5.39. The third kappa shape index (κ3) is 1.67. The first kappa shape index (κ1) is 10.3. The molecule has 0 aliphatic carbocycles. The van der Waals surface area contributed by atoms with E-state index in [1.165, 1.54) is 24.1 Å². The van der Waals surface area contributed by atoms with E-state index in [1.54, 1.807) is 0 Å². The summed E-state index contributed by atoms with van der Waals surface area (Å²) in [6.07, 6.45) is 0. The molecule has 0 amide bonds. The molecule has 0 nitrogen and oxygen atoms in total. The number of hydrogen-bond donors (Lipinski definition) is 0. The van der Waals surface area contributed by atoms with Gasteiger partial charge in [-0.1, -0.05) is 0 Å². The Morgan fingerprint density at radius 1 is 0.812 bits per heavy atom. The molecule has 0 spiro atoms. The summed E-state index contributed by atoms with van der Waals surface area (Å²) in [6.45, 7) is 0. The zero-order valence-corrected chi connectivity index (χ0v) is 11.8. The normalized spacial score (nSPS) is 10.8. The fourth-order valence-electron chi connectivity index (χ4n) is 1.79. The summed E-state index contributed by atoms with van der Waals surface area (Å²) in [5, 5.41) is 1.36. The van der Waals surface area contributed by atoms with E-state index in [9.17, 15) is 0 Å². The molecule has 0 aliphatic rings. The molecule has 0 aliphatic heterocycles. The molecule has 1 aromatic heterocycles. The van der Waals surface area contributed by atoms with Crippen LogP contribution in [0.3, 0.4) is 0 Å². The Hall–Kier alpha value is -0.821. The molecular formula is C14H9BrSe. The van der Waals surface area contributed by atoms with E-state index in [2.05, 4.69) is 70.5 Å². The van der Waals surface area contributed by atoms with Gasteiger partial charge in [-0.2, -0.15) is 0 Å². The van der Waals surface area contributed by atoms with Crippen LogP contribution in [0.2, 0.25) is 0 Å². The van der Waals surface area contributed by atoms with E-state index >= 15 is 0 Å². The van der Waals surface area contributed by atoms with Crippen molar-refractivity contribution in [3.63, 3.8) is 0 Å². The van der Waals surface area contributed by atoms with Crippen LogP contribution in [0.25, 0.3) is 19.6 Å². The molecule has 78 valence electrons. The van der Waals surface area contributed by atoms with Gasteiger partial charge in [-0.25, -0.2) is 0 Å². The van der Waals surface area contributed by atoms with Crippen molar-refractivity contribution in [1.82, 2.24) is 0 Å². The van der Waals surface area contributed by atoms with Crippen LogP contribution in [0.1, 0.15) is 0 Å². The summed E-state index contributed by atoms with van der Waals surface area (Å²) in [4.78, 5) is 0. The summed E-state index contributed by atoms with van der Waals surface area (Å²) in [7, 11) is 0. The predicted molar refractivity (Wildman–Crippen MR) is 74.0 cm³/mol. The molecule has 16 heavy (non-hydrogen) atoms. The van der Waals surface area contributed by atoms with Crippen LogP contribution in [0, 0.1) is 0 Å². The zero-order valence-electron chi connectivity index (χ0n) is 8.48. The molecule has 2 aromatic carbocycles.